The normalized spacial score (nSPS) is 14.9. The van der Waals surface area contributed by atoms with Crippen molar-refractivity contribution in [2.45, 2.75) is 39.5 Å². The number of aromatic nitrogens is 2. The number of benzene rings is 2. The van der Waals surface area contributed by atoms with Crippen LogP contribution in [-0.4, -0.2) is 54.8 Å². The molecule has 0 bridgehead atoms. The summed E-state index contributed by atoms with van der Waals surface area (Å²) in [5, 5.41) is 4.42. The highest BCUT2D eigenvalue weighted by atomic mass is 16.5. The molecule has 0 aliphatic carbocycles. The number of methoxy groups -OCH3 is 1. The van der Waals surface area contributed by atoms with Crippen molar-refractivity contribution in [3.63, 3.8) is 0 Å². The molecule has 1 atom stereocenters. The van der Waals surface area contributed by atoms with Gasteiger partial charge in [-0.3, -0.25) is 4.90 Å². The van der Waals surface area contributed by atoms with E-state index >= 15 is 0 Å². The van der Waals surface area contributed by atoms with Crippen molar-refractivity contribution in [2.24, 2.45) is 5.92 Å². The highest BCUT2D eigenvalue weighted by Gasteiger charge is 2.23. The van der Waals surface area contributed by atoms with Crippen molar-refractivity contribution < 1.29 is 13.9 Å². The van der Waals surface area contributed by atoms with Gasteiger partial charge in [0.1, 0.15) is 24.5 Å². The zero-order valence-corrected chi connectivity index (χ0v) is 22.7. The largest absolute Gasteiger partial charge is 0.493 e. The lowest BCUT2D eigenvalue weighted by molar-refractivity contribution is 0.180. The van der Waals surface area contributed by atoms with Crippen molar-refractivity contribution in [1.82, 2.24) is 14.9 Å². The van der Waals surface area contributed by atoms with Crippen LogP contribution in [0, 0.1) is 5.92 Å². The van der Waals surface area contributed by atoms with E-state index in [1.54, 1.807) is 13.4 Å². The molecule has 1 unspecified atom stereocenters. The van der Waals surface area contributed by atoms with Crippen LogP contribution in [0.3, 0.4) is 0 Å². The van der Waals surface area contributed by atoms with E-state index < -0.39 is 0 Å². The molecule has 4 aromatic rings. The SMILES string of the molecule is CCC(C)CNc1ncnc2oc(-c3ccc(OCCN4CCCCC4)c(OC)c3)c(-c3ccccc3)c12. The van der Waals surface area contributed by atoms with Crippen LogP contribution >= 0.6 is 0 Å². The lowest BCUT2D eigenvalue weighted by atomic mass is 9.99. The van der Waals surface area contributed by atoms with Gasteiger partial charge in [-0.1, -0.05) is 57.0 Å². The molecule has 0 amide bonds. The Labute approximate surface area is 225 Å². The van der Waals surface area contributed by atoms with Crippen LogP contribution in [0.5, 0.6) is 11.5 Å². The Morgan fingerprint density at radius 3 is 2.58 bits per heavy atom. The average molecular weight is 515 g/mol. The molecule has 1 fully saturated rings. The Bertz CT molecular complexity index is 1330. The Morgan fingerprint density at radius 2 is 1.82 bits per heavy atom. The van der Waals surface area contributed by atoms with Gasteiger partial charge in [-0.2, -0.15) is 0 Å². The Morgan fingerprint density at radius 1 is 1.00 bits per heavy atom. The number of hydrogen-bond donors (Lipinski definition) is 1. The minimum Gasteiger partial charge on any atom is -0.493 e. The highest BCUT2D eigenvalue weighted by molar-refractivity contribution is 6.05. The Balaban J connectivity index is 1.49. The van der Waals surface area contributed by atoms with Gasteiger partial charge < -0.3 is 19.2 Å². The first-order chi connectivity index (χ1) is 18.7. The minimum absolute atomic E-state index is 0.526. The van der Waals surface area contributed by atoms with Crippen LogP contribution < -0.4 is 14.8 Å². The maximum Gasteiger partial charge on any atom is 0.232 e. The number of ether oxygens (including phenoxy) is 2. The first-order valence-electron chi connectivity index (χ1n) is 13.8. The molecule has 7 heteroatoms. The molecule has 1 aliphatic heterocycles. The lowest BCUT2D eigenvalue weighted by Crippen LogP contribution is -2.33. The van der Waals surface area contributed by atoms with Crippen LogP contribution in [0.15, 0.2) is 59.3 Å². The molecule has 1 saturated heterocycles. The summed E-state index contributed by atoms with van der Waals surface area (Å²) in [5.74, 6) is 3.46. The van der Waals surface area contributed by atoms with Crippen LogP contribution in [0.4, 0.5) is 5.82 Å². The van der Waals surface area contributed by atoms with Gasteiger partial charge in [0.25, 0.3) is 0 Å². The molecule has 7 nitrogen and oxygen atoms in total. The fourth-order valence-corrected chi connectivity index (χ4v) is 4.96. The molecule has 38 heavy (non-hydrogen) atoms. The van der Waals surface area contributed by atoms with Gasteiger partial charge in [-0.15, -0.1) is 0 Å². The maximum atomic E-state index is 6.42. The zero-order valence-electron chi connectivity index (χ0n) is 22.7. The second-order valence-electron chi connectivity index (χ2n) is 10.1. The van der Waals surface area contributed by atoms with Gasteiger partial charge in [-0.25, -0.2) is 9.97 Å². The number of nitrogens with one attached hydrogen (secondary N) is 1. The first-order valence-corrected chi connectivity index (χ1v) is 13.8. The van der Waals surface area contributed by atoms with Crippen LogP contribution in [0.2, 0.25) is 0 Å². The molecule has 1 N–H and O–H groups in total. The third-order valence-corrected chi connectivity index (χ3v) is 7.41. The molecular formula is C31H38N4O3. The van der Waals surface area contributed by atoms with E-state index in [4.69, 9.17) is 13.9 Å². The van der Waals surface area contributed by atoms with Crippen molar-refractivity contribution in [2.75, 3.05) is 45.2 Å². The molecule has 5 rings (SSSR count). The molecule has 0 spiro atoms. The third kappa shape index (κ3) is 5.78. The fraction of sp³-hybridized carbons (Fsp3) is 0.419. The lowest BCUT2D eigenvalue weighted by Gasteiger charge is -2.26. The predicted octanol–water partition coefficient (Wildman–Crippen LogP) is 6.89. The van der Waals surface area contributed by atoms with Gasteiger partial charge in [0.2, 0.25) is 5.71 Å². The first kappa shape index (κ1) is 26.0. The summed E-state index contributed by atoms with van der Waals surface area (Å²) in [6.07, 6.45) is 6.54. The number of nitrogens with zero attached hydrogens (tertiary/aromatic N) is 3. The summed E-state index contributed by atoms with van der Waals surface area (Å²) in [5.41, 5.74) is 3.47. The van der Waals surface area contributed by atoms with E-state index in [1.807, 2.05) is 36.4 Å². The summed E-state index contributed by atoms with van der Waals surface area (Å²) >= 11 is 0. The molecule has 3 heterocycles. The smallest absolute Gasteiger partial charge is 0.232 e. The van der Waals surface area contributed by atoms with Crippen molar-refractivity contribution >= 4 is 16.9 Å². The molecule has 1 aliphatic rings. The van der Waals surface area contributed by atoms with Crippen LogP contribution in [0.1, 0.15) is 39.5 Å². The molecular weight excluding hydrogens is 476 g/mol. The summed E-state index contributed by atoms with van der Waals surface area (Å²) in [6, 6.07) is 16.3. The number of fused-ring (bicyclic) bond motifs is 1. The third-order valence-electron chi connectivity index (χ3n) is 7.41. The minimum atomic E-state index is 0.526. The Hall–Kier alpha value is -3.58. The quantitative estimate of drug-likeness (QED) is 0.234. The van der Waals surface area contributed by atoms with Crippen molar-refractivity contribution in [3.8, 4) is 33.9 Å². The number of rotatable bonds is 11. The van der Waals surface area contributed by atoms with Crippen molar-refractivity contribution in [1.29, 1.82) is 0 Å². The Kier molecular flexibility index (Phi) is 8.44. The van der Waals surface area contributed by atoms with Crippen LogP contribution in [-0.2, 0) is 0 Å². The van der Waals surface area contributed by atoms with E-state index in [0.717, 1.165) is 72.0 Å². The van der Waals surface area contributed by atoms with Gasteiger partial charge in [0, 0.05) is 24.2 Å². The van der Waals surface area contributed by atoms with Gasteiger partial charge in [0.15, 0.2) is 11.5 Å². The second-order valence-corrected chi connectivity index (χ2v) is 10.1. The van der Waals surface area contributed by atoms with E-state index in [0.29, 0.717) is 24.0 Å². The second kappa shape index (κ2) is 12.3. The number of anilines is 1. The standard InChI is InChI=1S/C31H38N4O3/c1-4-22(2)20-32-30-28-27(23-11-7-5-8-12-23)29(38-31(28)34-21-33-30)24-13-14-25(26(19-24)36-3)37-18-17-35-15-9-6-10-16-35/h5,7-8,11-14,19,21-22H,4,6,9-10,15-18,20H2,1-3H3,(H,32,33,34). The van der Waals surface area contributed by atoms with Gasteiger partial charge in [-0.05, 0) is 55.6 Å². The van der Waals surface area contributed by atoms with E-state index in [1.165, 1.54) is 19.3 Å². The molecule has 200 valence electrons. The predicted molar refractivity (Wildman–Crippen MR) is 153 cm³/mol. The fourth-order valence-electron chi connectivity index (χ4n) is 4.96. The summed E-state index contributed by atoms with van der Waals surface area (Å²) < 4.78 is 18.3. The summed E-state index contributed by atoms with van der Waals surface area (Å²) in [6.45, 7) is 9.13. The number of likely N-dealkylation sites (tertiary alicyclic amines) is 1. The summed E-state index contributed by atoms with van der Waals surface area (Å²) in [7, 11) is 1.68. The average Bonchev–Trinajstić information content (AvgIpc) is 3.37. The van der Waals surface area contributed by atoms with Gasteiger partial charge >= 0.3 is 0 Å². The van der Waals surface area contributed by atoms with E-state index in [-0.39, 0.29) is 0 Å². The number of hydrogen-bond acceptors (Lipinski definition) is 7. The number of piperidine rings is 1. The van der Waals surface area contributed by atoms with E-state index in [2.05, 4.69) is 46.2 Å². The van der Waals surface area contributed by atoms with Gasteiger partial charge in [0.05, 0.1) is 12.5 Å². The van der Waals surface area contributed by atoms with E-state index in [9.17, 15) is 0 Å². The van der Waals surface area contributed by atoms with Crippen molar-refractivity contribution in [3.05, 3.63) is 54.9 Å². The summed E-state index contributed by atoms with van der Waals surface area (Å²) in [4.78, 5) is 11.6. The molecule has 0 radical (unpaired) electrons. The van der Waals surface area contributed by atoms with Crippen LogP contribution in [0.25, 0.3) is 33.6 Å². The molecule has 2 aromatic heterocycles. The number of furan rings is 1. The monoisotopic (exact) mass is 514 g/mol. The maximum absolute atomic E-state index is 6.42. The molecule has 0 saturated carbocycles. The topological polar surface area (TPSA) is 72.7 Å². The zero-order chi connectivity index (χ0) is 26.3. The molecule has 2 aromatic carbocycles. The highest BCUT2D eigenvalue weighted by Crippen LogP contribution is 2.44.